The standard InChI is InChI=1S/C20H20O2/c1-2-7-14(12-13-21)19-15-8-3-5-10-17(15)20(22)18-11-6-4-9-16(18)19/h3-6,8-11,13-14,19H,2,7,12H2,1H3/t14-/m1/s1. The largest absolute Gasteiger partial charge is 0.303 e. The Hall–Kier alpha value is -2.22. The lowest BCUT2D eigenvalue weighted by atomic mass is 9.70. The van der Waals surface area contributed by atoms with Gasteiger partial charge in [-0.2, -0.15) is 0 Å². The van der Waals surface area contributed by atoms with E-state index in [2.05, 4.69) is 6.92 Å². The lowest BCUT2D eigenvalue weighted by Crippen LogP contribution is -2.25. The minimum absolute atomic E-state index is 0.101. The molecule has 0 radical (unpaired) electrons. The lowest BCUT2D eigenvalue weighted by molar-refractivity contribution is -0.108. The first-order valence-electron chi connectivity index (χ1n) is 7.94. The molecular weight excluding hydrogens is 272 g/mol. The highest BCUT2D eigenvalue weighted by atomic mass is 16.1. The highest BCUT2D eigenvalue weighted by Gasteiger charge is 2.34. The van der Waals surface area contributed by atoms with Gasteiger partial charge in [0.15, 0.2) is 5.78 Å². The van der Waals surface area contributed by atoms with Gasteiger partial charge >= 0.3 is 0 Å². The van der Waals surface area contributed by atoms with Crippen molar-refractivity contribution in [2.75, 3.05) is 0 Å². The van der Waals surface area contributed by atoms with Crippen molar-refractivity contribution in [2.45, 2.75) is 32.1 Å². The molecule has 0 fully saturated rings. The van der Waals surface area contributed by atoms with E-state index in [0.717, 1.165) is 41.4 Å². The van der Waals surface area contributed by atoms with E-state index < -0.39 is 0 Å². The van der Waals surface area contributed by atoms with Crippen molar-refractivity contribution in [2.24, 2.45) is 5.92 Å². The molecule has 2 nitrogen and oxygen atoms in total. The maximum absolute atomic E-state index is 12.7. The molecule has 0 saturated heterocycles. The monoisotopic (exact) mass is 292 g/mol. The van der Waals surface area contributed by atoms with Gasteiger partial charge < -0.3 is 4.79 Å². The number of carbonyl (C=O) groups is 2. The smallest absolute Gasteiger partial charge is 0.193 e. The first kappa shape index (κ1) is 14.7. The molecule has 3 rings (SSSR count). The second-order valence-electron chi connectivity index (χ2n) is 5.93. The van der Waals surface area contributed by atoms with Gasteiger partial charge in [-0.1, -0.05) is 61.9 Å². The number of aldehydes is 1. The molecule has 0 spiro atoms. The molecule has 22 heavy (non-hydrogen) atoms. The van der Waals surface area contributed by atoms with Crippen LogP contribution in [0.4, 0.5) is 0 Å². The number of benzene rings is 2. The van der Waals surface area contributed by atoms with Gasteiger partial charge in [-0.05, 0) is 23.5 Å². The van der Waals surface area contributed by atoms with Crippen molar-refractivity contribution < 1.29 is 9.59 Å². The summed E-state index contributed by atoms with van der Waals surface area (Å²) < 4.78 is 0. The highest BCUT2D eigenvalue weighted by Crippen LogP contribution is 2.43. The summed E-state index contributed by atoms with van der Waals surface area (Å²) >= 11 is 0. The van der Waals surface area contributed by atoms with Gasteiger partial charge in [0.25, 0.3) is 0 Å². The number of carbonyl (C=O) groups excluding carboxylic acids is 2. The van der Waals surface area contributed by atoms with E-state index in [1.165, 1.54) is 0 Å². The summed E-state index contributed by atoms with van der Waals surface area (Å²) in [7, 11) is 0. The van der Waals surface area contributed by atoms with Gasteiger partial charge in [0.2, 0.25) is 0 Å². The molecular formula is C20H20O2. The van der Waals surface area contributed by atoms with Crippen LogP contribution in [0.25, 0.3) is 0 Å². The maximum Gasteiger partial charge on any atom is 0.193 e. The second kappa shape index (κ2) is 6.27. The molecule has 2 heteroatoms. The van der Waals surface area contributed by atoms with E-state index >= 15 is 0 Å². The fourth-order valence-electron chi connectivity index (χ4n) is 3.69. The van der Waals surface area contributed by atoms with Gasteiger partial charge in [-0.3, -0.25) is 4.79 Å². The lowest BCUT2D eigenvalue weighted by Gasteiger charge is -2.33. The Morgan fingerprint density at radius 3 is 2.05 bits per heavy atom. The van der Waals surface area contributed by atoms with E-state index in [0.29, 0.717) is 6.42 Å². The average Bonchev–Trinajstić information content (AvgIpc) is 2.56. The van der Waals surface area contributed by atoms with E-state index in [-0.39, 0.29) is 17.6 Å². The second-order valence-corrected chi connectivity index (χ2v) is 5.93. The van der Waals surface area contributed by atoms with Gasteiger partial charge in [-0.15, -0.1) is 0 Å². The van der Waals surface area contributed by atoms with Gasteiger partial charge in [0.05, 0.1) is 0 Å². The zero-order valence-corrected chi connectivity index (χ0v) is 12.8. The minimum Gasteiger partial charge on any atom is -0.303 e. The molecule has 0 unspecified atom stereocenters. The summed E-state index contributed by atoms with van der Waals surface area (Å²) in [6.07, 6.45) is 3.57. The van der Waals surface area contributed by atoms with Crippen LogP contribution in [-0.2, 0) is 4.79 Å². The summed E-state index contributed by atoms with van der Waals surface area (Å²) in [5.74, 6) is 0.483. The molecule has 0 saturated carbocycles. The van der Waals surface area contributed by atoms with Gasteiger partial charge in [0.1, 0.15) is 6.29 Å². The van der Waals surface area contributed by atoms with Crippen molar-refractivity contribution >= 4 is 12.1 Å². The molecule has 1 atom stereocenters. The van der Waals surface area contributed by atoms with Crippen molar-refractivity contribution in [3.05, 3.63) is 70.8 Å². The molecule has 2 aromatic rings. The SMILES string of the molecule is CCC[C@H](CC=O)C1c2ccccc2C(=O)c2ccccc21. The van der Waals surface area contributed by atoms with Crippen LogP contribution in [-0.4, -0.2) is 12.1 Å². The number of fused-ring (bicyclic) bond motifs is 2. The van der Waals surface area contributed by atoms with Crippen LogP contribution in [0.5, 0.6) is 0 Å². The molecule has 0 aliphatic heterocycles. The first-order chi connectivity index (χ1) is 10.8. The summed E-state index contributed by atoms with van der Waals surface area (Å²) in [5, 5.41) is 0. The number of ketones is 1. The third-order valence-electron chi connectivity index (χ3n) is 4.61. The summed E-state index contributed by atoms with van der Waals surface area (Å²) in [4.78, 5) is 23.9. The van der Waals surface area contributed by atoms with Crippen molar-refractivity contribution in [1.29, 1.82) is 0 Å². The number of hydrogen-bond donors (Lipinski definition) is 0. The molecule has 1 aliphatic rings. The third kappa shape index (κ3) is 2.39. The van der Waals surface area contributed by atoms with Crippen molar-refractivity contribution in [3.8, 4) is 0 Å². The third-order valence-corrected chi connectivity index (χ3v) is 4.61. The van der Waals surface area contributed by atoms with Crippen molar-refractivity contribution in [3.63, 3.8) is 0 Å². The molecule has 1 aliphatic carbocycles. The van der Waals surface area contributed by atoms with Crippen LogP contribution in [0.2, 0.25) is 0 Å². The summed E-state index contributed by atoms with van der Waals surface area (Å²) in [6, 6.07) is 15.7. The van der Waals surface area contributed by atoms with Gasteiger partial charge in [-0.25, -0.2) is 0 Å². The highest BCUT2D eigenvalue weighted by molar-refractivity contribution is 6.12. The Balaban J connectivity index is 2.18. The van der Waals surface area contributed by atoms with E-state index in [4.69, 9.17) is 0 Å². The van der Waals surface area contributed by atoms with Crippen LogP contribution < -0.4 is 0 Å². The van der Waals surface area contributed by atoms with Crippen LogP contribution in [0, 0.1) is 5.92 Å². The number of hydrogen-bond acceptors (Lipinski definition) is 2. The Morgan fingerprint density at radius 1 is 1.00 bits per heavy atom. The Kier molecular flexibility index (Phi) is 4.19. The minimum atomic E-state index is 0.101. The summed E-state index contributed by atoms with van der Waals surface area (Å²) in [5.41, 5.74) is 3.73. The molecule has 0 N–H and O–H groups in total. The normalized spacial score (nSPS) is 15.0. The van der Waals surface area contributed by atoms with Crippen LogP contribution in [0.1, 0.15) is 59.2 Å². The zero-order chi connectivity index (χ0) is 15.5. The quantitative estimate of drug-likeness (QED) is 0.767. The van der Waals surface area contributed by atoms with E-state index in [1.807, 2.05) is 48.5 Å². The molecule has 112 valence electrons. The zero-order valence-electron chi connectivity index (χ0n) is 12.8. The molecule has 2 aromatic carbocycles. The topological polar surface area (TPSA) is 34.1 Å². The predicted molar refractivity (Wildman–Crippen MR) is 87.2 cm³/mol. The molecule has 0 bridgehead atoms. The number of rotatable bonds is 5. The maximum atomic E-state index is 12.7. The van der Waals surface area contributed by atoms with Crippen LogP contribution in [0.15, 0.2) is 48.5 Å². The fourth-order valence-corrected chi connectivity index (χ4v) is 3.69. The Labute approximate surface area is 131 Å². The average molecular weight is 292 g/mol. The van der Waals surface area contributed by atoms with E-state index in [9.17, 15) is 9.59 Å². The van der Waals surface area contributed by atoms with Crippen LogP contribution >= 0.6 is 0 Å². The van der Waals surface area contributed by atoms with Gasteiger partial charge in [0, 0.05) is 23.5 Å². The van der Waals surface area contributed by atoms with E-state index in [1.54, 1.807) is 0 Å². The van der Waals surface area contributed by atoms with Crippen molar-refractivity contribution in [1.82, 2.24) is 0 Å². The van der Waals surface area contributed by atoms with Crippen LogP contribution in [0.3, 0.4) is 0 Å². The molecule has 0 heterocycles. The first-order valence-corrected chi connectivity index (χ1v) is 7.94. The Morgan fingerprint density at radius 2 is 1.55 bits per heavy atom. The fraction of sp³-hybridized carbons (Fsp3) is 0.300. The molecule has 0 aromatic heterocycles. The Bertz CT molecular complexity index is 653. The molecule has 0 amide bonds. The summed E-state index contributed by atoms with van der Waals surface area (Å²) in [6.45, 7) is 2.14. The predicted octanol–water partition coefficient (Wildman–Crippen LogP) is 4.37.